The molecule has 0 aliphatic rings. The highest BCUT2D eigenvalue weighted by Gasteiger charge is 2.04. The van der Waals surface area contributed by atoms with E-state index in [0.29, 0.717) is 0 Å². The van der Waals surface area contributed by atoms with Gasteiger partial charge in [-0.3, -0.25) is 9.59 Å². The number of carboxylic acids is 1. The molecule has 0 atom stereocenters. The van der Waals surface area contributed by atoms with Gasteiger partial charge in [0.05, 0.1) is 12.8 Å². The third-order valence-corrected chi connectivity index (χ3v) is 1.83. The molecule has 1 N–H and O–H groups in total. The summed E-state index contributed by atoms with van der Waals surface area (Å²) in [5.41, 5.74) is 0. The first-order chi connectivity index (χ1) is 7.66. The van der Waals surface area contributed by atoms with E-state index in [4.69, 9.17) is 9.84 Å². The molecule has 16 heavy (non-hydrogen) atoms. The second-order valence-electron chi connectivity index (χ2n) is 3.27. The molecule has 0 heterocycles. The van der Waals surface area contributed by atoms with Crippen LogP contribution in [0.2, 0.25) is 0 Å². The highest BCUT2D eigenvalue weighted by Crippen LogP contribution is 1.97. The van der Waals surface area contributed by atoms with Gasteiger partial charge in [-0.1, -0.05) is 18.2 Å². The molecule has 90 valence electrons. The summed E-state index contributed by atoms with van der Waals surface area (Å²) >= 11 is 0. The second kappa shape index (κ2) is 9.96. The quantitative estimate of drug-likeness (QED) is 0.372. The van der Waals surface area contributed by atoms with Crippen LogP contribution in [0, 0.1) is 0 Å². The zero-order valence-corrected chi connectivity index (χ0v) is 9.35. The molecule has 0 aliphatic carbocycles. The number of carboxylic acid groups (broad SMARTS) is 1. The van der Waals surface area contributed by atoms with E-state index >= 15 is 0 Å². The Kier molecular flexibility index (Phi) is 8.97. The molecule has 4 nitrogen and oxygen atoms in total. The van der Waals surface area contributed by atoms with Gasteiger partial charge in [0.25, 0.3) is 0 Å². The number of unbranched alkanes of at least 4 members (excludes halogenated alkanes) is 2. The maximum atomic E-state index is 10.9. The summed E-state index contributed by atoms with van der Waals surface area (Å²) in [6.07, 6.45) is 8.26. The smallest absolute Gasteiger partial charge is 0.306 e. The van der Waals surface area contributed by atoms with Gasteiger partial charge < -0.3 is 9.84 Å². The van der Waals surface area contributed by atoms with Crippen molar-refractivity contribution >= 4 is 11.9 Å². The average Bonchev–Trinajstić information content (AvgIpc) is 2.25. The molecule has 0 rings (SSSR count). The summed E-state index contributed by atoms with van der Waals surface area (Å²) in [6.45, 7) is 3.83. The maximum absolute atomic E-state index is 10.9. The Hall–Kier alpha value is -1.58. The Balaban J connectivity index is 3.39. The van der Waals surface area contributed by atoms with E-state index < -0.39 is 11.9 Å². The van der Waals surface area contributed by atoms with Gasteiger partial charge in [0.1, 0.15) is 6.61 Å². The van der Waals surface area contributed by atoms with Crippen molar-refractivity contribution in [1.29, 1.82) is 0 Å². The Morgan fingerprint density at radius 2 is 1.94 bits per heavy atom. The molecule has 0 aliphatic heterocycles. The SMILES string of the molecule is C=CCCCC=CCOC(=O)CCC(=O)O. The first-order valence-corrected chi connectivity index (χ1v) is 5.30. The topological polar surface area (TPSA) is 63.6 Å². The number of allylic oxidation sites excluding steroid dienone is 2. The predicted molar refractivity (Wildman–Crippen MR) is 61.0 cm³/mol. The van der Waals surface area contributed by atoms with E-state index in [9.17, 15) is 9.59 Å². The van der Waals surface area contributed by atoms with Crippen LogP contribution >= 0.6 is 0 Å². The van der Waals surface area contributed by atoms with E-state index in [1.54, 1.807) is 6.08 Å². The Morgan fingerprint density at radius 3 is 2.56 bits per heavy atom. The number of carbonyl (C=O) groups excluding carboxylic acids is 1. The molecule has 0 aromatic carbocycles. The summed E-state index contributed by atoms with van der Waals surface area (Å²) < 4.78 is 4.79. The third-order valence-electron chi connectivity index (χ3n) is 1.83. The van der Waals surface area contributed by atoms with Crippen LogP contribution in [0.15, 0.2) is 24.8 Å². The Morgan fingerprint density at radius 1 is 1.19 bits per heavy atom. The van der Waals surface area contributed by atoms with Gasteiger partial charge in [-0.05, 0) is 19.3 Å². The standard InChI is InChI=1S/C12H18O4/c1-2-3-4-5-6-7-10-16-12(15)9-8-11(13)14/h2,6-7H,1,3-5,8-10H2,(H,13,14). The minimum atomic E-state index is -0.989. The van der Waals surface area contributed by atoms with Crippen molar-refractivity contribution in [2.24, 2.45) is 0 Å². The fraction of sp³-hybridized carbons (Fsp3) is 0.500. The zero-order chi connectivity index (χ0) is 12.2. The molecule has 0 fully saturated rings. The molecule has 4 heteroatoms. The summed E-state index contributed by atoms with van der Waals surface area (Å²) in [6, 6.07) is 0. The van der Waals surface area contributed by atoms with E-state index in [0.717, 1.165) is 19.3 Å². The van der Waals surface area contributed by atoms with Crippen LogP contribution in [0.4, 0.5) is 0 Å². The molecule has 0 unspecified atom stereocenters. The van der Waals surface area contributed by atoms with Crippen molar-refractivity contribution in [3.05, 3.63) is 24.8 Å². The number of hydrogen-bond donors (Lipinski definition) is 1. The fourth-order valence-corrected chi connectivity index (χ4v) is 0.988. The van der Waals surface area contributed by atoms with Crippen molar-refractivity contribution in [1.82, 2.24) is 0 Å². The number of ether oxygens (including phenoxy) is 1. The van der Waals surface area contributed by atoms with Crippen LogP contribution in [-0.4, -0.2) is 23.7 Å². The minimum Gasteiger partial charge on any atom is -0.481 e. The van der Waals surface area contributed by atoms with Crippen LogP contribution in [-0.2, 0) is 14.3 Å². The van der Waals surface area contributed by atoms with Crippen molar-refractivity contribution in [3.63, 3.8) is 0 Å². The normalized spacial score (nSPS) is 10.2. The maximum Gasteiger partial charge on any atom is 0.306 e. The van der Waals surface area contributed by atoms with Gasteiger partial charge in [-0.2, -0.15) is 0 Å². The van der Waals surface area contributed by atoms with Crippen molar-refractivity contribution in [2.75, 3.05) is 6.61 Å². The molecule has 0 aromatic heterocycles. The number of rotatable bonds is 9. The second-order valence-corrected chi connectivity index (χ2v) is 3.27. The molecule has 0 saturated carbocycles. The molecular formula is C12H18O4. The Labute approximate surface area is 95.6 Å². The zero-order valence-electron chi connectivity index (χ0n) is 9.35. The molecule has 0 radical (unpaired) electrons. The van der Waals surface area contributed by atoms with E-state index in [1.165, 1.54) is 0 Å². The Bertz CT molecular complexity index is 256. The van der Waals surface area contributed by atoms with Gasteiger partial charge in [-0.15, -0.1) is 6.58 Å². The lowest BCUT2D eigenvalue weighted by Crippen LogP contribution is -2.07. The van der Waals surface area contributed by atoms with E-state index in [1.807, 2.05) is 12.2 Å². The van der Waals surface area contributed by atoms with E-state index in [-0.39, 0.29) is 19.4 Å². The highest BCUT2D eigenvalue weighted by molar-refractivity contribution is 5.76. The number of carbonyl (C=O) groups is 2. The molecular weight excluding hydrogens is 208 g/mol. The monoisotopic (exact) mass is 226 g/mol. The number of aliphatic carboxylic acids is 1. The summed E-state index contributed by atoms with van der Waals surface area (Å²) in [5.74, 6) is -1.46. The molecule has 0 spiro atoms. The first-order valence-electron chi connectivity index (χ1n) is 5.30. The largest absolute Gasteiger partial charge is 0.481 e. The molecule has 0 aromatic rings. The van der Waals surface area contributed by atoms with Crippen molar-refractivity contribution in [2.45, 2.75) is 32.1 Å². The van der Waals surface area contributed by atoms with Crippen LogP contribution in [0.25, 0.3) is 0 Å². The van der Waals surface area contributed by atoms with Crippen LogP contribution in [0.5, 0.6) is 0 Å². The summed E-state index contributed by atoms with van der Waals surface area (Å²) in [5, 5.41) is 8.32. The van der Waals surface area contributed by atoms with Gasteiger partial charge >= 0.3 is 11.9 Å². The van der Waals surface area contributed by atoms with Gasteiger partial charge in [0.15, 0.2) is 0 Å². The van der Waals surface area contributed by atoms with Gasteiger partial charge in [0, 0.05) is 0 Å². The summed E-state index contributed by atoms with van der Waals surface area (Å²) in [4.78, 5) is 21.1. The number of esters is 1. The molecule has 0 bridgehead atoms. The van der Waals surface area contributed by atoms with Crippen molar-refractivity contribution < 1.29 is 19.4 Å². The summed E-state index contributed by atoms with van der Waals surface area (Å²) in [7, 11) is 0. The van der Waals surface area contributed by atoms with Crippen LogP contribution in [0.1, 0.15) is 32.1 Å². The average molecular weight is 226 g/mol. The van der Waals surface area contributed by atoms with Crippen molar-refractivity contribution in [3.8, 4) is 0 Å². The lowest BCUT2D eigenvalue weighted by Gasteiger charge is -1.99. The van der Waals surface area contributed by atoms with Crippen LogP contribution in [0.3, 0.4) is 0 Å². The van der Waals surface area contributed by atoms with Crippen LogP contribution < -0.4 is 0 Å². The predicted octanol–water partition coefficient (Wildman–Crippen LogP) is 2.31. The first kappa shape index (κ1) is 14.4. The van der Waals surface area contributed by atoms with Gasteiger partial charge in [-0.25, -0.2) is 0 Å². The number of hydrogen-bond acceptors (Lipinski definition) is 3. The lowest BCUT2D eigenvalue weighted by atomic mass is 10.2. The lowest BCUT2D eigenvalue weighted by molar-refractivity contribution is -0.146. The molecule has 0 saturated heterocycles. The fourth-order valence-electron chi connectivity index (χ4n) is 0.988. The third kappa shape index (κ3) is 10.5. The minimum absolute atomic E-state index is 0.0698. The highest BCUT2D eigenvalue weighted by atomic mass is 16.5. The van der Waals surface area contributed by atoms with Gasteiger partial charge in [0.2, 0.25) is 0 Å². The molecule has 0 amide bonds. The van der Waals surface area contributed by atoms with E-state index in [2.05, 4.69) is 6.58 Å².